The Morgan fingerprint density at radius 2 is 1.68 bits per heavy atom. The molecule has 0 amide bonds. The Kier molecular flexibility index (Phi) is 6.63. The lowest BCUT2D eigenvalue weighted by Gasteiger charge is -2.18. The van der Waals surface area contributed by atoms with Crippen LogP contribution in [0.15, 0.2) is 58.5 Å². The van der Waals surface area contributed by atoms with Gasteiger partial charge in [0.1, 0.15) is 18.4 Å². The van der Waals surface area contributed by atoms with Crippen LogP contribution < -0.4 is 0 Å². The number of hydrogen-bond donors (Lipinski definition) is 0. The molecule has 0 aliphatic carbocycles. The van der Waals surface area contributed by atoms with Crippen molar-refractivity contribution in [3.63, 3.8) is 0 Å². The summed E-state index contributed by atoms with van der Waals surface area (Å²) in [4.78, 5) is 9.91. The first kappa shape index (κ1) is 20.3. The summed E-state index contributed by atoms with van der Waals surface area (Å²) in [5.41, 5.74) is 5.31. The summed E-state index contributed by atoms with van der Waals surface area (Å²) < 4.78 is 11.2. The summed E-state index contributed by atoms with van der Waals surface area (Å²) in [6, 6.07) is 16.6. The smallest absolute Gasteiger partial charge is 0.236 e. The standard InChI is InChI=1S/C24H30N2O2/c1-16(2)20-12-9-13-21(17(3)4)23(20)26-22(18-10-7-6-8-11-18)24-25-19(14-27-5)15-28-24/h6-13,16-17,19H,14-15H2,1-5H3/b26-22+/t19-/m0/s1. The number of nitrogens with zero attached hydrogens (tertiary/aromatic N) is 2. The van der Waals surface area contributed by atoms with Crippen LogP contribution in [-0.4, -0.2) is 38.0 Å². The van der Waals surface area contributed by atoms with Gasteiger partial charge in [-0.2, -0.15) is 0 Å². The van der Waals surface area contributed by atoms with Crippen molar-refractivity contribution in [1.82, 2.24) is 0 Å². The molecule has 4 nitrogen and oxygen atoms in total. The van der Waals surface area contributed by atoms with Crippen LogP contribution in [0.1, 0.15) is 56.2 Å². The first-order valence-corrected chi connectivity index (χ1v) is 9.98. The lowest BCUT2D eigenvalue weighted by atomic mass is 9.92. The fourth-order valence-corrected chi connectivity index (χ4v) is 3.41. The van der Waals surface area contributed by atoms with E-state index < -0.39 is 0 Å². The zero-order chi connectivity index (χ0) is 20.1. The lowest BCUT2D eigenvalue weighted by Crippen LogP contribution is -2.16. The predicted octanol–water partition coefficient (Wildman–Crippen LogP) is 5.50. The highest BCUT2D eigenvalue weighted by Gasteiger charge is 2.25. The highest BCUT2D eigenvalue weighted by atomic mass is 16.5. The zero-order valence-corrected chi connectivity index (χ0v) is 17.5. The van der Waals surface area contributed by atoms with Crippen molar-refractivity contribution in [3.05, 3.63) is 65.2 Å². The molecule has 148 valence electrons. The van der Waals surface area contributed by atoms with Crippen molar-refractivity contribution in [2.75, 3.05) is 20.3 Å². The number of benzene rings is 2. The molecule has 0 N–H and O–H groups in total. The van der Waals surface area contributed by atoms with Gasteiger partial charge in [0.15, 0.2) is 0 Å². The zero-order valence-electron chi connectivity index (χ0n) is 17.5. The van der Waals surface area contributed by atoms with Gasteiger partial charge in [0.25, 0.3) is 0 Å². The minimum absolute atomic E-state index is 0.0128. The van der Waals surface area contributed by atoms with E-state index in [0.29, 0.717) is 30.9 Å². The maximum atomic E-state index is 5.95. The van der Waals surface area contributed by atoms with E-state index in [1.165, 1.54) is 11.1 Å². The van der Waals surface area contributed by atoms with Crippen LogP contribution in [0.4, 0.5) is 5.69 Å². The van der Waals surface area contributed by atoms with Crippen molar-refractivity contribution in [1.29, 1.82) is 0 Å². The molecule has 3 rings (SSSR count). The van der Waals surface area contributed by atoms with Crippen molar-refractivity contribution in [3.8, 4) is 0 Å². The van der Waals surface area contributed by atoms with Crippen LogP contribution in [0.3, 0.4) is 0 Å². The molecule has 0 unspecified atom stereocenters. The van der Waals surface area contributed by atoms with Crippen molar-refractivity contribution >= 4 is 17.3 Å². The fraction of sp³-hybridized carbons (Fsp3) is 0.417. The topological polar surface area (TPSA) is 43.2 Å². The Labute approximate surface area is 168 Å². The van der Waals surface area contributed by atoms with E-state index in [2.05, 4.69) is 58.0 Å². The first-order chi connectivity index (χ1) is 13.5. The molecule has 2 aromatic carbocycles. The second-order valence-corrected chi connectivity index (χ2v) is 7.78. The summed E-state index contributed by atoms with van der Waals surface area (Å²) in [7, 11) is 1.69. The Morgan fingerprint density at radius 1 is 1.04 bits per heavy atom. The SMILES string of the molecule is COC[C@H]1COC(/C(=N/c2c(C(C)C)cccc2C(C)C)c2ccccc2)=N1. The van der Waals surface area contributed by atoms with Crippen LogP contribution in [-0.2, 0) is 9.47 Å². The summed E-state index contributed by atoms with van der Waals surface area (Å²) in [5.74, 6) is 1.35. The number of hydrogen-bond acceptors (Lipinski definition) is 4. The highest BCUT2D eigenvalue weighted by molar-refractivity contribution is 6.46. The Balaban J connectivity index is 2.17. The number of aliphatic imine (C=N–C) groups is 2. The van der Waals surface area contributed by atoms with E-state index in [1.54, 1.807) is 7.11 Å². The highest BCUT2D eigenvalue weighted by Crippen LogP contribution is 2.35. The molecule has 4 heteroatoms. The molecule has 0 saturated carbocycles. The molecule has 0 spiro atoms. The van der Waals surface area contributed by atoms with Gasteiger partial charge in [-0.15, -0.1) is 0 Å². The van der Waals surface area contributed by atoms with Crippen LogP contribution in [0.2, 0.25) is 0 Å². The largest absolute Gasteiger partial charge is 0.474 e. The summed E-state index contributed by atoms with van der Waals surface area (Å²) in [6.45, 7) is 9.90. The summed E-state index contributed by atoms with van der Waals surface area (Å²) in [6.07, 6.45) is 0. The van der Waals surface area contributed by atoms with Crippen LogP contribution in [0.5, 0.6) is 0 Å². The van der Waals surface area contributed by atoms with Crippen LogP contribution in [0.25, 0.3) is 0 Å². The van der Waals surface area contributed by atoms with Gasteiger partial charge >= 0.3 is 0 Å². The van der Waals surface area contributed by atoms with Gasteiger partial charge in [0.05, 0.1) is 12.3 Å². The monoisotopic (exact) mass is 378 g/mol. The van der Waals surface area contributed by atoms with E-state index >= 15 is 0 Å². The Bertz CT molecular complexity index is 828. The maximum absolute atomic E-state index is 5.95. The predicted molar refractivity (Wildman–Crippen MR) is 116 cm³/mol. The molecule has 2 aromatic rings. The third-order valence-electron chi connectivity index (χ3n) is 4.89. The second kappa shape index (κ2) is 9.16. The van der Waals surface area contributed by atoms with Gasteiger partial charge in [0.2, 0.25) is 5.90 Å². The van der Waals surface area contributed by atoms with Crippen LogP contribution >= 0.6 is 0 Å². The van der Waals surface area contributed by atoms with E-state index in [1.807, 2.05) is 18.2 Å². The molecule has 0 aromatic heterocycles. The number of methoxy groups -OCH3 is 1. The third kappa shape index (κ3) is 4.50. The second-order valence-electron chi connectivity index (χ2n) is 7.78. The van der Waals surface area contributed by atoms with E-state index in [4.69, 9.17) is 19.5 Å². The van der Waals surface area contributed by atoms with E-state index in [0.717, 1.165) is 17.0 Å². The van der Waals surface area contributed by atoms with E-state index in [-0.39, 0.29) is 6.04 Å². The molecule has 1 aliphatic heterocycles. The van der Waals surface area contributed by atoms with Gasteiger partial charge in [-0.1, -0.05) is 76.2 Å². The van der Waals surface area contributed by atoms with Crippen molar-refractivity contribution < 1.29 is 9.47 Å². The number of ether oxygens (including phenoxy) is 2. The molecule has 1 atom stereocenters. The van der Waals surface area contributed by atoms with Gasteiger partial charge in [0, 0.05) is 12.7 Å². The van der Waals surface area contributed by atoms with Crippen molar-refractivity contribution in [2.45, 2.75) is 45.6 Å². The van der Waals surface area contributed by atoms with Gasteiger partial charge < -0.3 is 9.47 Å². The van der Waals surface area contributed by atoms with Crippen LogP contribution in [0, 0.1) is 0 Å². The quantitative estimate of drug-likeness (QED) is 0.597. The minimum atomic E-state index is 0.0128. The molecule has 0 bridgehead atoms. The first-order valence-electron chi connectivity index (χ1n) is 9.98. The Hall–Kier alpha value is -2.46. The van der Waals surface area contributed by atoms with Gasteiger partial charge in [-0.05, 0) is 23.0 Å². The molecule has 0 saturated heterocycles. The fourth-order valence-electron chi connectivity index (χ4n) is 3.41. The molecular formula is C24H30N2O2. The average molecular weight is 379 g/mol. The summed E-state index contributed by atoms with van der Waals surface area (Å²) in [5, 5.41) is 0. The molecule has 1 heterocycles. The van der Waals surface area contributed by atoms with Crippen molar-refractivity contribution in [2.24, 2.45) is 9.98 Å². The third-order valence-corrected chi connectivity index (χ3v) is 4.89. The van der Waals surface area contributed by atoms with E-state index in [9.17, 15) is 0 Å². The number of rotatable bonds is 7. The molecule has 1 aliphatic rings. The molecular weight excluding hydrogens is 348 g/mol. The maximum Gasteiger partial charge on any atom is 0.236 e. The Morgan fingerprint density at radius 3 is 2.25 bits per heavy atom. The minimum Gasteiger partial charge on any atom is -0.474 e. The molecule has 28 heavy (non-hydrogen) atoms. The lowest BCUT2D eigenvalue weighted by molar-refractivity contribution is 0.165. The van der Waals surface area contributed by atoms with Gasteiger partial charge in [-0.25, -0.2) is 9.98 Å². The van der Waals surface area contributed by atoms with Gasteiger partial charge in [-0.3, -0.25) is 0 Å². The number of para-hydroxylation sites is 1. The molecule has 0 fully saturated rings. The normalized spacial score (nSPS) is 17.2. The average Bonchev–Trinajstić information content (AvgIpc) is 3.15. The summed E-state index contributed by atoms with van der Waals surface area (Å²) >= 11 is 0. The molecule has 0 radical (unpaired) electrons.